The van der Waals surface area contributed by atoms with Crippen molar-refractivity contribution in [2.24, 2.45) is 0 Å². The molecule has 2 aromatic rings. The van der Waals surface area contributed by atoms with Gasteiger partial charge in [0.1, 0.15) is 5.75 Å². The average molecular weight is 300 g/mol. The van der Waals surface area contributed by atoms with Gasteiger partial charge in [0.25, 0.3) is 0 Å². The first kappa shape index (κ1) is 15.3. The van der Waals surface area contributed by atoms with Crippen LogP contribution < -0.4 is 10.1 Å². The highest BCUT2D eigenvalue weighted by Gasteiger charge is 2.06. The fraction of sp³-hybridized carbons (Fsp3) is 0.235. The molecular formula is C17H20N2OS. The number of rotatable bonds is 4. The lowest BCUT2D eigenvalue weighted by Crippen LogP contribution is -2.30. The summed E-state index contributed by atoms with van der Waals surface area (Å²) in [4.78, 5) is 2.01. The van der Waals surface area contributed by atoms with Crippen LogP contribution in [0.2, 0.25) is 0 Å². The Bertz CT molecular complexity index is 610. The van der Waals surface area contributed by atoms with Gasteiger partial charge in [0, 0.05) is 19.3 Å². The molecule has 0 amide bonds. The third-order valence-corrected chi connectivity index (χ3v) is 3.61. The summed E-state index contributed by atoms with van der Waals surface area (Å²) in [6.45, 7) is 2.82. The van der Waals surface area contributed by atoms with E-state index < -0.39 is 0 Å². The van der Waals surface area contributed by atoms with Crippen molar-refractivity contribution < 1.29 is 4.74 Å². The molecule has 0 atom stereocenters. The topological polar surface area (TPSA) is 24.5 Å². The lowest BCUT2D eigenvalue weighted by molar-refractivity contribution is 0.414. The standard InChI is InChI=1S/C17H20N2OS/c1-13-5-4-6-15(11-13)18-17(21)19(2)12-14-7-9-16(20-3)10-8-14/h4-11H,12H2,1-3H3,(H,18,21). The van der Waals surface area contributed by atoms with Gasteiger partial charge in [-0.15, -0.1) is 0 Å². The van der Waals surface area contributed by atoms with Crippen LogP contribution in [0.1, 0.15) is 11.1 Å². The van der Waals surface area contributed by atoms with Gasteiger partial charge in [0.2, 0.25) is 0 Å². The Morgan fingerprint density at radius 1 is 1.19 bits per heavy atom. The molecule has 3 nitrogen and oxygen atoms in total. The average Bonchev–Trinajstić information content (AvgIpc) is 2.48. The van der Waals surface area contributed by atoms with Gasteiger partial charge in [0.05, 0.1) is 7.11 Å². The molecule has 0 heterocycles. The van der Waals surface area contributed by atoms with E-state index in [1.165, 1.54) is 11.1 Å². The molecular weight excluding hydrogens is 280 g/mol. The Kier molecular flexibility index (Phi) is 5.17. The molecule has 110 valence electrons. The van der Waals surface area contributed by atoms with Crippen LogP contribution in [0.4, 0.5) is 5.69 Å². The molecule has 0 spiro atoms. The van der Waals surface area contributed by atoms with Crippen molar-refractivity contribution in [2.75, 3.05) is 19.5 Å². The van der Waals surface area contributed by atoms with E-state index in [2.05, 4.69) is 24.4 Å². The summed E-state index contributed by atoms with van der Waals surface area (Å²) >= 11 is 5.44. The normalized spacial score (nSPS) is 10.0. The van der Waals surface area contributed by atoms with Crippen molar-refractivity contribution in [3.05, 3.63) is 59.7 Å². The molecule has 0 aliphatic rings. The maximum Gasteiger partial charge on any atom is 0.173 e. The van der Waals surface area contributed by atoms with E-state index >= 15 is 0 Å². The van der Waals surface area contributed by atoms with Gasteiger partial charge in [-0.2, -0.15) is 0 Å². The number of thiocarbonyl (C=S) groups is 1. The molecule has 0 aromatic heterocycles. The van der Waals surface area contributed by atoms with E-state index in [9.17, 15) is 0 Å². The molecule has 0 fully saturated rings. The summed E-state index contributed by atoms with van der Waals surface area (Å²) in [5, 5.41) is 3.96. The predicted octanol–water partition coefficient (Wildman–Crippen LogP) is 3.83. The number of ether oxygens (including phenoxy) is 1. The molecule has 0 unspecified atom stereocenters. The summed E-state index contributed by atoms with van der Waals surface area (Å²) in [6.07, 6.45) is 0. The minimum absolute atomic E-state index is 0.705. The van der Waals surface area contributed by atoms with Gasteiger partial charge >= 0.3 is 0 Å². The van der Waals surface area contributed by atoms with Crippen molar-refractivity contribution in [3.63, 3.8) is 0 Å². The highest BCUT2D eigenvalue weighted by atomic mass is 32.1. The summed E-state index contributed by atoms with van der Waals surface area (Å²) in [5.74, 6) is 0.863. The van der Waals surface area contributed by atoms with Gasteiger partial charge in [-0.05, 0) is 54.5 Å². The van der Waals surface area contributed by atoms with Gasteiger partial charge < -0.3 is 15.0 Å². The lowest BCUT2D eigenvalue weighted by Gasteiger charge is -2.21. The molecule has 0 radical (unpaired) electrons. The maximum absolute atomic E-state index is 5.44. The highest BCUT2D eigenvalue weighted by Crippen LogP contribution is 2.14. The zero-order valence-electron chi connectivity index (χ0n) is 12.6. The van der Waals surface area contributed by atoms with Crippen molar-refractivity contribution >= 4 is 23.0 Å². The largest absolute Gasteiger partial charge is 0.497 e. The van der Waals surface area contributed by atoms with E-state index in [1.54, 1.807) is 7.11 Å². The third kappa shape index (κ3) is 4.46. The van der Waals surface area contributed by atoms with E-state index in [4.69, 9.17) is 17.0 Å². The molecule has 0 bridgehead atoms. The fourth-order valence-corrected chi connectivity index (χ4v) is 2.20. The minimum Gasteiger partial charge on any atom is -0.497 e. The van der Waals surface area contributed by atoms with Crippen LogP contribution in [0.5, 0.6) is 5.75 Å². The monoisotopic (exact) mass is 300 g/mol. The molecule has 2 aromatic carbocycles. The summed E-state index contributed by atoms with van der Waals surface area (Å²) < 4.78 is 5.16. The first-order chi connectivity index (χ1) is 10.1. The number of hydrogen-bond donors (Lipinski definition) is 1. The summed E-state index contributed by atoms with van der Waals surface area (Å²) in [7, 11) is 3.65. The van der Waals surface area contributed by atoms with E-state index in [0.29, 0.717) is 5.11 Å². The van der Waals surface area contributed by atoms with Crippen LogP contribution in [0, 0.1) is 6.92 Å². The van der Waals surface area contributed by atoms with Gasteiger partial charge in [-0.1, -0.05) is 24.3 Å². The smallest absolute Gasteiger partial charge is 0.173 e. The number of benzene rings is 2. The number of nitrogens with zero attached hydrogens (tertiary/aromatic N) is 1. The Morgan fingerprint density at radius 2 is 1.90 bits per heavy atom. The molecule has 0 saturated carbocycles. The number of methoxy groups -OCH3 is 1. The number of hydrogen-bond acceptors (Lipinski definition) is 2. The summed E-state index contributed by atoms with van der Waals surface area (Å²) in [6, 6.07) is 16.2. The Hall–Kier alpha value is -2.07. The first-order valence-electron chi connectivity index (χ1n) is 6.80. The highest BCUT2D eigenvalue weighted by molar-refractivity contribution is 7.80. The Morgan fingerprint density at radius 3 is 2.52 bits per heavy atom. The summed E-state index contributed by atoms with van der Waals surface area (Å²) in [5.41, 5.74) is 3.41. The zero-order chi connectivity index (χ0) is 15.2. The van der Waals surface area contributed by atoms with Crippen molar-refractivity contribution in [2.45, 2.75) is 13.5 Å². The quantitative estimate of drug-likeness (QED) is 0.867. The second-order valence-corrected chi connectivity index (χ2v) is 5.39. The third-order valence-electron chi connectivity index (χ3n) is 3.19. The Labute approximate surface area is 131 Å². The molecule has 0 aliphatic heterocycles. The SMILES string of the molecule is COc1ccc(CN(C)C(=S)Nc2cccc(C)c2)cc1. The van der Waals surface area contributed by atoms with Crippen LogP contribution in [-0.2, 0) is 6.54 Å². The van der Waals surface area contributed by atoms with Gasteiger partial charge in [0.15, 0.2) is 5.11 Å². The molecule has 4 heteroatoms. The molecule has 0 saturated heterocycles. The predicted molar refractivity (Wildman–Crippen MR) is 91.9 cm³/mol. The van der Waals surface area contributed by atoms with E-state index in [1.807, 2.05) is 48.3 Å². The molecule has 21 heavy (non-hydrogen) atoms. The maximum atomic E-state index is 5.44. The Balaban J connectivity index is 1.95. The van der Waals surface area contributed by atoms with Crippen LogP contribution in [0.15, 0.2) is 48.5 Å². The second-order valence-electron chi connectivity index (χ2n) is 5.00. The fourth-order valence-electron chi connectivity index (χ4n) is 2.02. The van der Waals surface area contributed by atoms with Crippen molar-refractivity contribution in [1.82, 2.24) is 4.90 Å². The van der Waals surface area contributed by atoms with Gasteiger partial charge in [-0.25, -0.2) is 0 Å². The van der Waals surface area contributed by atoms with Crippen LogP contribution >= 0.6 is 12.2 Å². The number of anilines is 1. The molecule has 0 aliphatic carbocycles. The number of aryl methyl sites for hydroxylation is 1. The lowest BCUT2D eigenvalue weighted by atomic mass is 10.2. The molecule has 2 rings (SSSR count). The van der Waals surface area contributed by atoms with Crippen LogP contribution in [0.3, 0.4) is 0 Å². The first-order valence-corrected chi connectivity index (χ1v) is 7.21. The minimum atomic E-state index is 0.705. The van der Waals surface area contributed by atoms with E-state index in [0.717, 1.165) is 18.0 Å². The van der Waals surface area contributed by atoms with Crippen LogP contribution in [-0.4, -0.2) is 24.2 Å². The molecule has 1 N–H and O–H groups in total. The number of nitrogens with one attached hydrogen (secondary N) is 1. The van der Waals surface area contributed by atoms with Crippen LogP contribution in [0.25, 0.3) is 0 Å². The van der Waals surface area contributed by atoms with Gasteiger partial charge in [-0.3, -0.25) is 0 Å². The van der Waals surface area contributed by atoms with E-state index in [-0.39, 0.29) is 0 Å². The van der Waals surface area contributed by atoms with Crippen molar-refractivity contribution in [1.29, 1.82) is 0 Å². The second kappa shape index (κ2) is 7.09. The van der Waals surface area contributed by atoms with Crippen molar-refractivity contribution in [3.8, 4) is 5.75 Å². The zero-order valence-corrected chi connectivity index (χ0v) is 13.4.